The van der Waals surface area contributed by atoms with Gasteiger partial charge in [0.15, 0.2) is 0 Å². The molecule has 0 aromatic heterocycles. The quantitative estimate of drug-likeness (QED) is 0.555. The number of para-hydroxylation sites is 2. The summed E-state index contributed by atoms with van der Waals surface area (Å²) in [5.74, 6) is 1.49. The van der Waals surface area contributed by atoms with Gasteiger partial charge in [-0.1, -0.05) is 48.5 Å². The lowest BCUT2D eigenvalue weighted by atomic mass is 10.0. The van der Waals surface area contributed by atoms with Crippen molar-refractivity contribution >= 4 is 5.97 Å². The van der Waals surface area contributed by atoms with Crippen molar-refractivity contribution in [1.29, 1.82) is 0 Å². The van der Waals surface area contributed by atoms with Crippen LogP contribution in [0.2, 0.25) is 0 Å². The zero-order valence-corrected chi connectivity index (χ0v) is 14.3. The van der Waals surface area contributed by atoms with Crippen LogP contribution >= 0.6 is 0 Å². The number of carboxylic acids is 1. The van der Waals surface area contributed by atoms with Gasteiger partial charge in [0.1, 0.15) is 17.2 Å². The third-order valence-corrected chi connectivity index (χ3v) is 3.83. The second-order valence-corrected chi connectivity index (χ2v) is 5.78. The Morgan fingerprint density at radius 1 is 0.808 bits per heavy atom. The number of benzene rings is 3. The number of aliphatic carboxylic acids is 1. The molecule has 4 nitrogen and oxygen atoms in total. The maximum absolute atomic E-state index is 10.5. The van der Waals surface area contributed by atoms with Crippen molar-refractivity contribution in [2.45, 2.75) is 12.8 Å². The molecule has 0 fully saturated rings. The molecular formula is C22H20O4. The van der Waals surface area contributed by atoms with E-state index in [0.717, 1.165) is 28.4 Å². The van der Waals surface area contributed by atoms with Crippen LogP contribution in [0.5, 0.6) is 17.2 Å². The van der Waals surface area contributed by atoms with Gasteiger partial charge in [-0.15, -0.1) is 0 Å². The van der Waals surface area contributed by atoms with E-state index in [-0.39, 0.29) is 6.42 Å². The average Bonchev–Trinajstić information content (AvgIpc) is 2.67. The number of hydrogen-bond donors (Lipinski definition) is 1. The minimum absolute atomic E-state index is 0.113. The highest BCUT2D eigenvalue weighted by Crippen LogP contribution is 2.33. The highest BCUT2D eigenvalue weighted by molar-refractivity contribution is 5.71. The van der Waals surface area contributed by atoms with Gasteiger partial charge in [-0.2, -0.15) is 0 Å². The normalized spacial score (nSPS) is 10.3. The molecule has 0 saturated heterocycles. The highest BCUT2D eigenvalue weighted by Gasteiger charge is 2.07. The fourth-order valence-electron chi connectivity index (χ4n) is 2.55. The van der Waals surface area contributed by atoms with Crippen LogP contribution < -0.4 is 9.47 Å². The smallest absolute Gasteiger partial charge is 0.303 e. The minimum Gasteiger partial charge on any atom is -0.494 e. The Labute approximate surface area is 152 Å². The van der Waals surface area contributed by atoms with E-state index in [1.807, 2.05) is 78.9 Å². The predicted octanol–water partition coefficient (Wildman–Crippen LogP) is 5.39. The first kappa shape index (κ1) is 17.5. The first-order valence-corrected chi connectivity index (χ1v) is 8.49. The molecule has 1 N–H and O–H groups in total. The summed E-state index contributed by atoms with van der Waals surface area (Å²) in [5, 5.41) is 8.64. The SMILES string of the molecule is O=C(O)CCCOc1ccc(-c2ccccc2Oc2ccccc2)cc1. The summed E-state index contributed by atoms with van der Waals surface area (Å²) in [6, 6.07) is 25.3. The van der Waals surface area contributed by atoms with Crippen LogP contribution in [-0.4, -0.2) is 17.7 Å². The molecule has 0 aliphatic heterocycles. The predicted molar refractivity (Wildman–Crippen MR) is 101 cm³/mol. The van der Waals surface area contributed by atoms with Crippen LogP contribution in [-0.2, 0) is 4.79 Å². The molecule has 0 bridgehead atoms. The van der Waals surface area contributed by atoms with Gasteiger partial charge < -0.3 is 14.6 Å². The number of hydrogen-bond acceptors (Lipinski definition) is 3. The van der Waals surface area contributed by atoms with Crippen LogP contribution in [0.4, 0.5) is 0 Å². The van der Waals surface area contributed by atoms with E-state index in [1.165, 1.54) is 0 Å². The number of carboxylic acid groups (broad SMARTS) is 1. The lowest BCUT2D eigenvalue weighted by Gasteiger charge is -2.12. The van der Waals surface area contributed by atoms with Crippen molar-refractivity contribution in [3.63, 3.8) is 0 Å². The molecule has 132 valence electrons. The van der Waals surface area contributed by atoms with E-state index in [1.54, 1.807) is 0 Å². The van der Waals surface area contributed by atoms with Gasteiger partial charge in [-0.3, -0.25) is 4.79 Å². The van der Waals surface area contributed by atoms with Crippen molar-refractivity contribution < 1.29 is 19.4 Å². The zero-order chi connectivity index (χ0) is 18.2. The van der Waals surface area contributed by atoms with E-state index in [0.29, 0.717) is 13.0 Å². The Morgan fingerprint density at radius 2 is 1.50 bits per heavy atom. The van der Waals surface area contributed by atoms with E-state index >= 15 is 0 Å². The lowest BCUT2D eigenvalue weighted by Crippen LogP contribution is -2.01. The zero-order valence-electron chi connectivity index (χ0n) is 14.3. The van der Waals surface area contributed by atoms with Crippen LogP contribution in [0, 0.1) is 0 Å². The summed E-state index contributed by atoms with van der Waals surface area (Å²) in [4.78, 5) is 10.5. The highest BCUT2D eigenvalue weighted by atomic mass is 16.5. The van der Waals surface area contributed by atoms with Crippen LogP contribution in [0.1, 0.15) is 12.8 Å². The molecule has 0 saturated carbocycles. The number of ether oxygens (including phenoxy) is 2. The number of carbonyl (C=O) groups is 1. The Bertz CT molecular complexity index is 842. The largest absolute Gasteiger partial charge is 0.494 e. The molecular weight excluding hydrogens is 328 g/mol. The van der Waals surface area contributed by atoms with Crippen molar-refractivity contribution in [3.05, 3.63) is 78.9 Å². The van der Waals surface area contributed by atoms with Crippen molar-refractivity contribution in [2.24, 2.45) is 0 Å². The Hall–Kier alpha value is -3.27. The van der Waals surface area contributed by atoms with Crippen LogP contribution in [0.3, 0.4) is 0 Å². The van der Waals surface area contributed by atoms with E-state index in [9.17, 15) is 4.79 Å². The third kappa shape index (κ3) is 4.86. The van der Waals surface area contributed by atoms with Gasteiger partial charge in [-0.05, 0) is 42.3 Å². The fourth-order valence-corrected chi connectivity index (χ4v) is 2.55. The van der Waals surface area contributed by atoms with Crippen LogP contribution in [0.15, 0.2) is 78.9 Å². The minimum atomic E-state index is -0.807. The first-order chi connectivity index (χ1) is 12.7. The molecule has 0 aliphatic carbocycles. The Balaban J connectivity index is 1.70. The fraction of sp³-hybridized carbons (Fsp3) is 0.136. The van der Waals surface area contributed by atoms with Crippen molar-refractivity contribution in [1.82, 2.24) is 0 Å². The summed E-state index contributed by atoms with van der Waals surface area (Å²) in [7, 11) is 0. The second-order valence-electron chi connectivity index (χ2n) is 5.78. The summed E-state index contributed by atoms with van der Waals surface area (Å²) >= 11 is 0. The molecule has 0 spiro atoms. The van der Waals surface area contributed by atoms with Gasteiger partial charge in [-0.25, -0.2) is 0 Å². The average molecular weight is 348 g/mol. The third-order valence-electron chi connectivity index (χ3n) is 3.83. The molecule has 26 heavy (non-hydrogen) atoms. The molecule has 0 heterocycles. The molecule has 0 aliphatic rings. The van der Waals surface area contributed by atoms with E-state index in [2.05, 4.69) is 0 Å². The first-order valence-electron chi connectivity index (χ1n) is 8.49. The molecule has 3 aromatic carbocycles. The summed E-state index contributed by atoms with van der Waals surface area (Å²) < 4.78 is 11.6. The lowest BCUT2D eigenvalue weighted by molar-refractivity contribution is -0.137. The maximum Gasteiger partial charge on any atom is 0.303 e. The van der Waals surface area contributed by atoms with Gasteiger partial charge in [0.25, 0.3) is 0 Å². The molecule has 4 heteroatoms. The molecule has 3 aromatic rings. The monoisotopic (exact) mass is 348 g/mol. The maximum atomic E-state index is 10.5. The summed E-state index contributed by atoms with van der Waals surface area (Å²) in [5.41, 5.74) is 2.02. The van der Waals surface area contributed by atoms with Gasteiger partial charge >= 0.3 is 5.97 Å². The van der Waals surface area contributed by atoms with E-state index < -0.39 is 5.97 Å². The van der Waals surface area contributed by atoms with Gasteiger partial charge in [0.05, 0.1) is 6.61 Å². The van der Waals surface area contributed by atoms with Crippen molar-refractivity contribution in [2.75, 3.05) is 6.61 Å². The molecule has 0 atom stereocenters. The van der Waals surface area contributed by atoms with Crippen molar-refractivity contribution in [3.8, 4) is 28.4 Å². The standard InChI is InChI=1S/C22H20O4/c23-22(24)11-6-16-25-18-14-12-17(13-15-18)20-9-4-5-10-21(20)26-19-7-2-1-3-8-19/h1-5,7-10,12-15H,6,11,16H2,(H,23,24). The molecule has 0 amide bonds. The van der Waals surface area contributed by atoms with Crippen LogP contribution in [0.25, 0.3) is 11.1 Å². The van der Waals surface area contributed by atoms with Gasteiger partial charge in [0.2, 0.25) is 0 Å². The summed E-state index contributed by atoms with van der Waals surface area (Å²) in [6.07, 6.45) is 0.604. The topological polar surface area (TPSA) is 55.8 Å². The second kappa shape index (κ2) is 8.72. The number of rotatable bonds is 8. The Morgan fingerprint density at radius 3 is 2.23 bits per heavy atom. The van der Waals surface area contributed by atoms with Gasteiger partial charge in [0, 0.05) is 12.0 Å². The van der Waals surface area contributed by atoms with E-state index in [4.69, 9.17) is 14.6 Å². The summed E-state index contributed by atoms with van der Waals surface area (Å²) in [6.45, 7) is 0.388. The molecule has 0 radical (unpaired) electrons. The molecule has 3 rings (SSSR count). The molecule has 0 unspecified atom stereocenters. The Kier molecular flexibility index (Phi) is 5.88.